The van der Waals surface area contributed by atoms with E-state index < -0.39 is 18.5 Å². The number of nitrogens with one attached hydrogen (secondary N) is 1. The molecule has 0 saturated heterocycles. The Labute approximate surface area is 165 Å². The highest BCUT2D eigenvalue weighted by Gasteiger charge is 2.15. The number of nitriles is 1. The summed E-state index contributed by atoms with van der Waals surface area (Å²) in [6, 6.07) is 10.8. The zero-order valence-corrected chi connectivity index (χ0v) is 16.1. The number of amides is 1. The molecule has 1 amide bonds. The van der Waals surface area contributed by atoms with Crippen molar-refractivity contribution in [2.45, 2.75) is 25.2 Å². The van der Waals surface area contributed by atoms with Crippen LogP contribution in [0.3, 0.4) is 0 Å². The number of benzene rings is 2. The zero-order valence-electron chi connectivity index (χ0n) is 15.3. The minimum atomic E-state index is -0.566. The maximum absolute atomic E-state index is 12.2. The first-order valence-corrected chi connectivity index (χ1v) is 9.25. The predicted molar refractivity (Wildman–Crippen MR) is 105 cm³/mol. The van der Waals surface area contributed by atoms with Crippen molar-refractivity contribution in [2.75, 3.05) is 11.9 Å². The van der Waals surface area contributed by atoms with Gasteiger partial charge in [-0.05, 0) is 61.0 Å². The molecule has 0 spiro atoms. The fourth-order valence-corrected chi connectivity index (χ4v) is 3.38. The summed E-state index contributed by atoms with van der Waals surface area (Å²) in [6.07, 6.45) is -0.0809. The van der Waals surface area contributed by atoms with Gasteiger partial charge in [0.1, 0.15) is 11.1 Å². The third-order valence-corrected chi connectivity index (χ3v) is 4.62. The molecule has 0 saturated carbocycles. The number of hydrogen-bond acceptors (Lipinski definition) is 7. The van der Waals surface area contributed by atoms with Crippen LogP contribution in [0.5, 0.6) is 0 Å². The zero-order chi connectivity index (χ0) is 20.1. The van der Waals surface area contributed by atoms with Crippen LogP contribution >= 0.6 is 11.8 Å². The number of aryl methyl sites for hydroxylation is 2. The van der Waals surface area contributed by atoms with Crippen molar-refractivity contribution in [3.8, 4) is 5.40 Å². The van der Waals surface area contributed by atoms with Crippen LogP contribution in [0.1, 0.15) is 16.8 Å². The predicted octanol–water partition coefficient (Wildman–Crippen LogP) is 3.74. The number of nitrogens with zero attached hydrogens (tertiary/aromatic N) is 2. The smallest absolute Gasteiger partial charge is 0.312 e. The van der Waals surface area contributed by atoms with Gasteiger partial charge in [-0.2, -0.15) is 5.26 Å². The molecule has 0 aliphatic carbocycles. The number of carbonyl (C=O) groups is 2. The Balaban J connectivity index is 1.57. The first kappa shape index (κ1) is 19.5. The number of anilines is 1. The quantitative estimate of drug-likeness (QED) is 0.385. The molecule has 1 N–H and O–H groups in total. The van der Waals surface area contributed by atoms with Crippen LogP contribution in [0.2, 0.25) is 0 Å². The Kier molecular flexibility index (Phi) is 5.96. The van der Waals surface area contributed by atoms with Gasteiger partial charge in [0.05, 0.1) is 6.42 Å². The van der Waals surface area contributed by atoms with Crippen LogP contribution < -0.4 is 5.32 Å². The highest BCUT2D eigenvalue weighted by molar-refractivity contribution is 8.03. The van der Waals surface area contributed by atoms with Gasteiger partial charge in [0, 0.05) is 16.0 Å². The molecule has 0 aliphatic heterocycles. The molecule has 1 heterocycles. The lowest BCUT2D eigenvalue weighted by Crippen LogP contribution is -2.22. The molecule has 0 atom stereocenters. The average molecular weight is 395 g/mol. The van der Waals surface area contributed by atoms with Gasteiger partial charge in [0.15, 0.2) is 12.2 Å². The molecule has 0 aliphatic rings. The molecule has 142 valence electrons. The second kappa shape index (κ2) is 8.59. The van der Waals surface area contributed by atoms with Crippen LogP contribution in [0.15, 0.2) is 45.8 Å². The van der Waals surface area contributed by atoms with Crippen molar-refractivity contribution in [3.63, 3.8) is 0 Å². The van der Waals surface area contributed by atoms with E-state index in [1.54, 1.807) is 12.1 Å². The molecule has 0 radical (unpaired) electrons. The van der Waals surface area contributed by atoms with E-state index in [4.69, 9.17) is 14.5 Å². The molecule has 2 aromatic carbocycles. The van der Waals surface area contributed by atoms with Crippen LogP contribution in [-0.4, -0.2) is 23.6 Å². The summed E-state index contributed by atoms with van der Waals surface area (Å²) in [6.45, 7) is 3.28. The van der Waals surface area contributed by atoms with Crippen molar-refractivity contribution in [1.29, 1.82) is 5.26 Å². The first-order chi connectivity index (χ1) is 13.5. The number of hydrogen-bond donors (Lipinski definition) is 1. The van der Waals surface area contributed by atoms with Crippen molar-refractivity contribution < 1.29 is 18.8 Å². The monoisotopic (exact) mass is 395 g/mol. The largest absolute Gasteiger partial charge is 0.455 e. The SMILES string of the molecule is Cc1cc(SC#N)cc(C)c1NC(=O)COC(=O)Cc1noc2ccccc12. The van der Waals surface area contributed by atoms with Gasteiger partial charge >= 0.3 is 5.97 Å². The van der Waals surface area contributed by atoms with Crippen molar-refractivity contribution >= 4 is 40.3 Å². The van der Waals surface area contributed by atoms with E-state index in [0.717, 1.165) is 33.2 Å². The Morgan fingerprint density at radius 3 is 2.68 bits per heavy atom. The standard InChI is InChI=1S/C20H17N3O4S/c1-12-7-14(28-11-21)8-13(2)20(12)22-18(24)10-26-19(25)9-16-15-5-3-4-6-17(15)27-23-16/h3-8H,9-10H2,1-2H3,(H,22,24). The number of rotatable bonds is 6. The third-order valence-electron chi connectivity index (χ3n) is 4.06. The number of thioether (sulfide) groups is 1. The summed E-state index contributed by atoms with van der Waals surface area (Å²) >= 11 is 1.06. The maximum Gasteiger partial charge on any atom is 0.312 e. The summed E-state index contributed by atoms with van der Waals surface area (Å²) in [5.74, 6) is -1.01. The van der Waals surface area contributed by atoms with Crippen LogP contribution in [0, 0.1) is 24.5 Å². The van der Waals surface area contributed by atoms with E-state index in [9.17, 15) is 9.59 Å². The van der Waals surface area contributed by atoms with Gasteiger partial charge in [0.25, 0.3) is 5.91 Å². The number of carbonyl (C=O) groups excluding carboxylic acids is 2. The molecule has 3 aromatic rings. The van der Waals surface area contributed by atoms with E-state index >= 15 is 0 Å². The van der Waals surface area contributed by atoms with Crippen LogP contribution in [-0.2, 0) is 20.7 Å². The normalized spacial score (nSPS) is 10.5. The molecule has 0 bridgehead atoms. The molecule has 8 heteroatoms. The van der Waals surface area contributed by atoms with E-state index in [0.29, 0.717) is 17.0 Å². The minimum absolute atomic E-state index is 0.0809. The Hall–Kier alpha value is -3.31. The van der Waals surface area contributed by atoms with Gasteiger partial charge in [-0.25, -0.2) is 0 Å². The summed E-state index contributed by atoms with van der Waals surface area (Å²) in [7, 11) is 0. The average Bonchev–Trinajstić information content (AvgIpc) is 3.06. The fraction of sp³-hybridized carbons (Fsp3) is 0.200. The highest BCUT2D eigenvalue weighted by Crippen LogP contribution is 2.27. The molecular formula is C20H17N3O4S. The summed E-state index contributed by atoms with van der Waals surface area (Å²) in [5, 5.41) is 18.2. The fourth-order valence-electron chi connectivity index (χ4n) is 2.81. The highest BCUT2D eigenvalue weighted by atomic mass is 32.2. The molecule has 0 fully saturated rings. The summed E-state index contributed by atoms with van der Waals surface area (Å²) in [4.78, 5) is 25.0. The molecular weight excluding hydrogens is 378 g/mol. The molecule has 28 heavy (non-hydrogen) atoms. The van der Waals surface area contributed by atoms with E-state index in [-0.39, 0.29) is 6.42 Å². The molecule has 1 aromatic heterocycles. The first-order valence-electron chi connectivity index (χ1n) is 8.44. The van der Waals surface area contributed by atoms with Crippen molar-refractivity contribution in [1.82, 2.24) is 5.16 Å². The lowest BCUT2D eigenvalue weighted by atomic mass is 10.1. The second-order valence-corrected chi connectivity index (χ2v) is 6.99. The van der Waals surface area contributed by atoms with E-state index in [1.807, 2.05) is 43.5 Å². The molecule has 0 unspecified atom stereocenters. The van der Waals surface area contributed by atoms with Gasteiger partial charge < -0.3 is 14.6 Å². The number of fused-ring (bicyclic) bond motifs is 1. The molecule has 7 nitrogen and oxygen atoms in total. The lowest BCUT2D eigenvalue weighted by Gasteiger charge is -2.13. The van der Waals surface area contributed by atoms with Crippen molar-refractivity contribution in [3.05, 3.63) is 53.2 Å². The lowest BCUT2D eigenvalue weighted by molar-refractivity contribution is -0.146. The number of thiocyanates is 1. The number of ether oxygens (including phenoxy) is 1. The van der Waals surface area contributed by atoms with Gasteiger partial charge in [0.2, 0.25) is 0 Å². The van der Waals surface area contributed by atoms with E-state index in [2.05, 4.69) is 10.5 Å². The van der Waals surface area contributed by atoms with Crippen molar-refractivity contribution in [2.24, 2.45) is 0 Å². The second-order valence-electron chi connectivity index (χ2n) is 6.14. The Bertz CT molecular complexity index is 1060. The summed E-state index contributed by atoms with van der Waals surface area (Å²) in [5.41, 5.74) is 3.36. The number of esters is 1. The van der Waals surface area contributed by atoms with Gasteiger partial charge in [-0.1, -0.05) is 17.3 Å². The van der Waals surface area contributed by atoms with Gasteiger partial charge in [-0.3, -0.25) is 9.59 Å². The third kappa shape index (κ3) is 4.50. The number of aromatic nitrogens is 1. The molecule has 3 rings (SSSR count). The Morgan fingerprint density at radius 1 is 1.25 bits per heavy atom. The van der Waals surface area contributed by atoms with Gasteiger partial charge in [-0.15, -0.1) is 0 Å². The van der Waals surface area contributed by atoms with Crippen LogP contribution in [0.25, 0.3) is 11.0 Å². The topological polar surface area (TPSA) is 105 Å². The summed E-state index contributed by atoms with van der Waals surface area (Å²) < 4.78 is 10.2. The minimum Gasteiger partial charge on any atom is -0.455 e. The van der Waals surface area contributed by atoms with E-state index in [1.165, 1.54) is 0 Å². The Morgan fingerprint density at radius 2 is 1.96 bits per heavy atom. The maximum atomic E-state index is 12.2. The number of para-hydroxylation sites is 1. The van der Waals surface area contributed by atoms with Crippen LogP contribution in [0.4, 0.5) is 5.69 Å².